The standard InChI is InChI=1S/C24H38N8O4/c1-17-25-20-21(22(26-17)32-11-10-29(2)19(33)16-32)27-24(31(12-14-34-3)13-15-35-4)28-23(20)30-8-6-18(36-5)7-9-30/h18H,6-16H2,1-5H3. The third kappa shape index (κ3) is 5.76. The number of hydrogen-bond acceptors (Lipinski definition) is 11. The summed E-state index contributed by atoms with van der Waals surface area (Å²) in [7, 11) is 6.96. The molecule has 0 aromatic carbocycles. The third-order valence-corrected chi connectivity index (χ3v) is 6.85. The number of anilines is 3. The molecule has 0 N–H and O–H groups in total. The first kappa shape index (κ1) is 26.2. The third-order valence-electron chi connectivity index (χ3n) is 6.85. The first-order chi connectivity index (χ1) is 17.4. The molecule has 2 aliphatic rings. The van der Waals surface area contributed by atoms with Crippen LogP contribution in [0.2, 0.25) is 0 Å². The number of rotatable bonds is 10. The SMILES string of the molecule is COCCN(CCOC)c1nc(N2CCC(OC)CC2)c2nc(C)nc(N3CCN(C)C(=O)C3)c2n1. The van der Waals surface area contributed by atoms with Crippen molar-refractivity contribution in [3.8, 4) is 0 Å². The van der Waals surface area contributed by atoms with E-state index in [1.165, 1.54) is 0 Å². The van der Waals surface area contributed by atoms with Gasteiger partial charge in [-0.15, -0.1) is 0 Å². The molecule has 2 fully saturated rings. The van der Waals surface area contributed by atoms with E-state index in [9.17, 15) is 4.79 Å². The van der Waals surface area contributed by atoms with Crippen LogP contribution in [0.4, 0.5) is 17.6 Å². The Morgan fingerprint density at radius 1 is 0.861 bits per heavy atom. The summed E-state index contributed by atoms with van der Waals surface area (Å²) >= 11 is 0. The number of nitrogens with zero attached hydrogens (tertiary/aromatic N) is 8. The smallest absolute Gasteiger partial charge is 0.241 e. The van der Waals surface area contributed by atoms with Gasteiger partial charge < -0.3 is 33.8 Å². The monoisotopic (exact) mass is 502 g/mol. The summed E-state index contributed by atoms with van der Waals surface area (Å²) in [6.07, 6.45) is 2.08. The minimum absolute atomic E-state index is 0.0589. The summed E-state index contributed by atoms with van der Waals surface area (Å²) in [6.45, 7) is 7.36. The summed E-state index contributed by atoms with van der Waals surface area (Å²) < 4.78 is 16.3. The highest BCUT2D eigenvalue weighted by atomic mass is 16.5. The molecule has 0 bridgehead atoms. The Kier molecular flexibility index (Phi) is 8.70. The van der Waals surface area contributed by atoms with Gasteiger partial charge >= 0.3 is 0 Å². The quantitative estimate of drug-likeness (QED) is 0.458. The van der Waals surface area contributed by atoms with Gasteiger partial charge in [-0.2, -0.15) is 4.98 Å². The normalized spacial score (nSPS) is 17.4. The Labute approximate surface area is 212 Å². The van der Waals surface area contributed by atoms with Crippen LogP contribution < -0.4 is 14.7 Å². The minimum Gasteiger partial charge on any atom is -0.383 e. The van der Waals surface area contributed by atoms with Gasteiger partial charge in [-0.25, -0.2) is 15.0 Å². The second-order valence-corrected chi connectivity index (χ2v) is 9.27. The van der Waals surface area contributed by atoms with Gasteiger partial charge in [-0.1, -0.05) is 0 Å². The molecule has 1 amide bonds. The van der Waals surface area contributed by atoms with E-state index in [0.29, 0.717) is 68.0 Å². The molecule has 2 aromatic heterocycles. The average Bonchev–Trinajstić information content (AvgIpc) is 2.89. The van der Waals surface area contributed by atoms with Crippen molar-refractivity contribution in [1.29, 1.82) is 0 Å². The van der Waals surface area contributed by atoms with Crippen molar-refractivity contribution in [1.82, 2.24) is 24.8 Å². The molecule has 2 aromatic rings. The number of ether oxygens (including phenoxy) is 3. The molecule has 0 saturated carbocycles. The predicted molar refractivity (Wildman–Crippen MR) is 138 cm³/mol. The molecular formula is C24H38N8O4. The van der Waals surface area contributed by atoms with Crippen LogP contribution in [0.3, 0.4) is 0 Å². The first-order valence-corrected chi connectivity index (χ1v) is 12.5. The zero-order valence-corrected chi connectivity index (χ0v) is 22.1. The van der Waals surface area contributed by atoms with Crippen LogP contribution in [0.1, 0.15) is 18.7 Å². The van der Waals surface area contributed by atoms with Crippen molar-refractivity contribution in [3.63, 3.8) is 0 Å². The van der Waals surface area contributed by atoms with E-state index in [-0.39, 0.29) is 18.6 Å². The molecule has 12 heteroatoms. The predicted octanol–water partition coefficient (Wildman–Crippen LogP) is 0.721. The number of carbonyl (C=O) groups excluding carboxylic acids is 1. The van der Waals surface area contributed by atoms with Crippen LogP contribution in [0.15, 0.2) is 0 Å². The molecule has 4 rings (SSSR count). The molecule has 0 aliphatic carbocycles. The number of aryl methyl sites for hydroxylation is 1. The van der Waals surface area contributed by atoms with Gasteiger partial charge in [0, 0.05) is 67.6 Å². The van der Waals surface area contributed by atoms with E-state index in [2.05, 4.69) is 9.80 Å². The van der Waals surface area contributed by atoms with Crippen molar-refractivity contribution in [2.75, 3.05) is 102 Å². The summed E-state index contributed by atoms with van der Waals surface area (Å²) in [6, 6.07) is 0. The topological polar surface area (TPSA) is 109 Å². The molecule has 0 unspecified atom stereocenters. The number of piperidine rings is 1. The number of likely N-dealkylation sites (N-methyl/N-ethyl adjacent to an activating group) is 1. The Hall–Kier alpha value is -2.83. The molecule has 0 atom stereocenters. The summed E-state index contributed by atoms with van der Waals surface area (Å²) in [5.41, 5.74) is 1.37. The van der Waals surface area contributed by atoms with Crippen LogP contribution in [-0.4, -0.2) is 124 Å². The van der Waals surface area contributed by atoms with Crippen LogP contribution in [0, 0.1) is 6.92 Å². The number of fused-ring (bicyclic) bond motifs is 1. The van der Waals surface area contributed by atoms with Gasteiger partial charge in [-0.3, -0.25) is 4.79 Å². The molecule has 2 aliphatic heterocycles. The Morgan fingerprint density at radius 3 is 2.11 bits per heavy atom. The number of piperazine rings is 1. The average molecular weight is 503 g/mol. The lowest BCUT2D eigenvalue weighted by atomic mass is 10.1. The first-order valence-electron chi connectivity index (χ1n) is 12.5. The Bertz CT molecular complexity index is 1040. The van der Waals surface area contributed by atoms with Crippen molar-refractivity contribution in [2.24, 2.45) is 0 Å². The zero-order chi connectivity index (χ0) is 25.7. The van der Waals surface area contributed by atoms with E-state index in [1.54, 1.807) is 26.2 Å². The summed E-state index contributed by atoms with van der Waals surface area (Å²) in [4.78, 5) is 40.2. The number of aromatic nitrogens is 4. The van der Waals surface area contributed by atoms with Crippen LogP contribution in [0.5, 0.6) is 0 Å². The van der Waals surface area contributed by atoms with E-state index >= 15 is 0 Å². The van der Waals surface area contributed by atoms with Gasteiger partial charge in [-0.05, 0) is 19.8 Å². The fourth-order valence-corrected chi connectivity index (χ4v) is 4.62. The fourth-order valence-electron chi connectivity index (χ4n) is 4.62. The van der Waals surface area contributed by atoms with Crippen LogP contribution >= 0.6 is 0 Å². The molecule has 198 valence electrons. The van der Waals surface area contributed by atoms with Crippen molar-refractivity contribution in [2.45, 2.75) is 25.9 Å². The second kappa shape index (κ2) is 11.9. The maximum atomic E-state index is 12.5. The van der Waals surface area contributed by atoms with E-state index in [4.69, 9.17) is 34.1 Å². The number of carbonyl (C=O) groups is 1. The Balaban J connectivity index is 1.83. The lowest BCUT2D eigenvalue weighted by Crippen LogP contribution is -2.49. The molecule has 4 heterocycles. The van der Waals surface area contributed by atoms with Gasteiger partial charge in [0.2, 0.25) is 11.9 Å². The van der Waals surface area contributed by atoms with Crippen molar-refractivity contribution >= 4 is 34.5 Å². The van der Waals surface area contributed by atoms with E-state index in [1.807, 2.05) is 18.9 Å². The highest BCUT2D eigenvalue weighted by molar-refractivity contribution is 5.95. The maximum absolute atomic E-state index is 12.5. The van der Waals surface area contributed by atoms with Gasteiger partial charge in [0.05, 0.1) is 25.9 Å². The lowest BCUT2D eigenvalue weighted by Gasteiger charge is -2.35. The van der Waals surface area contributed by atoms with Crippen LogP contribution in [0.25, 0.3) is 11.0 Å². The van der Waals surface area contributed by atoms with E-state index in [0.717, 1.165) is 31.7 Å². The molecule has 36 heavy (non-hydrogen) atoms. The molecular weight excluding hydrogens is 464 g/mol. The van der Waals surface area contributed by atoms with Crippen LogP contribution in [-0.2, 0) is 19.0 Å². The second-order valence-electron chi connectivity index (χ2n) is 9.27. The summed E-state index contributed by atoms with van der Waals surface area (Å²) in [5, 5.41) is 0. The van der Waals surface area contributed by atoms with Gasteiger partial charge in [0.15, 0.2) is 11.6 Å². The van der Waals surface area contributed by atoms with Crippen molar-refractivity contribution < 1.29 is 19.0 Å². The molecule has 12 nitrogen and oxygen atoms in total. The highest BCUT2D eigenvalue weighted by Gasteiger charge is 2.29. The minimum atomic E-state index is 0.0589. The molecule has 0 radical (unpaired) electrons. The number of methoxy groups -OCH3 is 3. The zero-order valence-electron chi connectivity index (χ0n) is 22.1. The number of hydrogen-bond donors (Lipinski definition) is 0. The van der Waals surface area contributed by atoms with Gasteiger partial charge in [0.1, 0.15) is 16.9 Å². The Morgan fingerprint density at radius 2 is 1.50 bits per heavy atom. The number of amides is 1. The van der Waals surface area contributed by atoms with Crippen molar-refractivity contribution in [3.05, 3.63) is 5.82 Å². The van der Waals surface area contributed by atoms with E-state index < -0.39 is 0 Å². The summed E-state index contributed by atoms with van der Waals surface area (Å²) in [5.74, 6) is 2.73. The molecule has 2 saturated heterocycles. The largest absolute Gasteiger partial charge is 0.383 e. The lowest BCUT2D eigenvalue weighted by molar-refractivity contribution is -0.129. The maximum Gasteiger partial charge on any atom is 0.241 e. The highest BCUT2D eigenvalue weighted by Crippen LogP contribution is 2.33. The molecule has 0 spiro atoms. The fraction of sp³-hybridized carbons (Fsp3) is 0.708. The van der Waals surface area contributed by atoms with Gasteiger partial charge in [0.25, 0.3) is 0 Å².